The fraction of sp³-hybridized carbons (Fsp3) is 0.455. The first-order valence-corrected chi connectivity index (χ1v) is 5.01. The molecule has 17 heavy (non-hydrogen) atoms. The maximum atomic E-state index is 12.6. The zero-order valence-electron chi connectivity index (χ0n) is 9.33. The lowest BCUT2D eigenvalue weighted by atomic mass is 10.2. The first-order valence-electron chi connectivity index (χ1n) is 5.01. The summed E-state index contributed by atoms with van der Waals surface area (Å²) >= 11 is 0. The standard InChI is InChI=1S/C11H14F3NO2/c1-16-7-6-10(11(12,13)14)17-9-4-2-8(15)3-5-9/h2-5,10H,6-7,15H2,1H3/t10-/m1/s1. The number of methoxy groups -OCH3 is 1. The van der Waals surface area contributed by atoms with Crippen LogP contribution in [0.1, 0.15) is 6.42 Å². The van der Waals surface area contributed by atoms with Crippen LogP contribution in [0, 0.1) is 0 Å². The van der Waals surface area contributed by atoms with Crippen molar-refractivity contribution in [2.45, 2.75) is 18.7 Å². The lowest BCUT2D eigenvalue weighted by Crippen LogP contribution is -2.35. The molecule has 2 N–H and O–H groups in total. The number of nitrogen functional groups attached to an aromatic ring is 1. The van der Waals surface area contributed by atoms with Gasteiger partial charge >= 0.3 is 6.18 Å². The highest BCUT2D eigenvalue weighted by molar-refractivity contribution is 5.41. The summed E-state index contributed by atoms with van der Waals surface area (Å²) in [5.74, 6) is 0.137. The molecule has 0 amide bonds. The molecule has 0 aliphatic rings. The molecule has 0 fully saturated rings. The zero-order chi connectivity index (χ0) is 12.9. The molecule has 0 radical (unpaired) electrons. The number of alkyl halides is 3. The predicted octanol–water partition coefficient (Wildman–Crippen LogP) is 2.62. The van der Waals surface area contributed by atoms with Crippen molar-refractivity contribution in [1.29, 1.82) is 0 Å². The average molecular weight is 249 g/mol. The normalized spacial score (nSPS) is 13.4. The van der Waals surface area contributed by atoms with Gasteiger partial charge in [-0.05, 0) is 24.3 Å². The Morgan fingerprint density at radius 1 is 1.24 bits per heavy atom. The van der Waals surface area contributed by atoms with Gasteiger partial charge in [-0.25, -0.2) is 0 Å². The molecule has 0 aromatic heterocycles. The Balaban J connectivity index is 2.68. The van der Waals surface area contributed by atoms with E-state index in [9.17, 15) is 13.2 Å². The second kappa shape index (κ2) is 5.77. The van der Waals surface area contributed by atoms with Crippen molar-refractivity contribution < 1.29 is 22.6 Å². The van der Waals surface area contributed by atoms with Crippen LogP contribution in [0.5, 0.6) is 5.75 Å². The fourth-order valence-electron chi connectivity index (χ4n) is 1.22. The molecule has 1 aromatic carbocycles. The molecule has 0 saturated heterocycles. The summed E-state index contributed by atoms with van der Waals surface area (Å²) in [6.07, 6.45) is -6.53. The van der Waals surface area contributed by atoms with Crippen LogP contribution < -0.4 is 10.5 Å². The maximum Gasteiger partial charge on any atom is 0.425 e. The predicted molar refractivity (Wildman–Crippen MR) is 57.8 cm³/mol. The smallest absolute Gasteiger partial charge is 0.425 e. The van der Waals surface area contributed by atoms with Gasteiger partial charge < -0.3 is 15.2 Å². The Hall–Kier alpha value is -1.43. The van der Waals surface area contributed by atoms with Crippen LogP contribution in [-0.4, -0.2) is 26.0 Å². The van der Waals surface area contributed by atoms with Gasteiger partial charge in [0.2, 0.25) is 0 Å². The van der Waals surface area contributed by atoms with Crippen molar-refractivity contribution >= 4 is 5.69 Å². The van der Waals surface area contributed by atoms with Gasteiger partial charge in [-0.1, -0.05) is 0 Å². The lowest BCUT2D eigenvalue weighted by molar-refractivity contribution is -0.199. The molecule has 0 spiro atoms. The van der Waals surface area contributed by atoms with E-state index in [1.165, 1.54) is 31.4 Å². The van der Waals surface area contributed by atoms with Gasteiger partial charge in [-0.3, -0.25) is 0 Å². The third-order valence-corrected chi connectivity index (χ3v) is 2.11. The number of halogens is 3. The molecule has 0 unspecified atom stereocenters. The van der Waals surface area contributed by atoms with E-state index in [2.05, 4.69) is 4.74 Å². The van der Waals surface area contributed by atoms with Gasteiger partial charge in [0.05, 0.1) is 6.61 Å². The van der Waals surface area contributed by atoms with E-state index in [0.29, 0.717) is 5.69 Å². The van der Waals surface area contributed by atoms with Gasteiger partial charge in [-0.15, -0.1) is 0 Å². The summed E-state index contributed by atoms with van der Waals surface area (Å²) in [4.78, 5) is 0. The van der Waals surface area contributed by atoms with E-state index < -0.39 is 12.3 Å². The number of rotatable bonds is 5. The molecule has 3 nitrogen and oxygen atoms in total. The van der Waals surface area contributed by atoms with Gasteiger partial charge in [0.1, 0.15) is 5.75 Å². The van der Waals surface area contributed by atoms with Gasteiger partial charge in [0, 0.05) is 19.2 Å². The summed E-state index contributed by atoms with van der Waals surface area (Å²) in [5, 5.41) is 0. The third kappa shape index (κ3) is 4.52. The van der Waals surface area contributed by atoms with Crippen LogP contribution in [0.2, 0.25) is 0 Å². The van der Waals surface area contributed by atoms with Crippen molar-refractivity contribution in [3.63, 3.8) is 0 Å². The SMILES string of the molecule is COCC[C@@H](Oc1ccc(N)cc1)C(F)(F)F. The number of hydrogen-bond donors (Lipinski definition) is 1. The second-order valence-corrected chi connectivity index (χ2v) is 3.50. The molecule has 1 aromatic rings. The molecule has 0 aliphatic carbocycles. The number of ether oxygens (including phenoxy) is 2. The molecular weight excluding hydrogens is 235 g/mol. The summed E-state index contributed by atoms with van der Waals surface area (Å²) in [7, 11) is 1.34. The molecule has 1 atom stereocenters. The maximum absolute atomic E-state index is 12.6. The first kappa shape index (κ1) is 13.6. The Bertz CT molecular complexity index is 338. The summed E-state index contributed by atoms with van der Waals surface area (Å²) in [6.45, 7) is -0.0147. The van der Waals surface area contributed by atoms with Crippen molar-refractivity contribution in [1.82, 2.24) is 0 Å². The largest absolute Gasteiger partial charge is 0.481 e. The number of anilines is 1. The minimum atomic E-state index is -4.42. The number of benzene rings is 1. The van der Waals surface area contributed by atoms with Crippen LogP contribution in [0.25, 0.3) is 0 Å². The zero-order valence-corrected chi connectivity index (χ0v) is 9.33. The van der Waals surface area contributed by atoms with Crippen molar-refractivity contribution in [3.05, 3.63) is 24.3 Å². The minimum absolute atomic E-state index is 0.0147. The van der Waals surface area contributed by atoms with Crippen molar-refractivity contribution in [2.75, 3.05) is 19.5 Å². The minimum Gasteiger partial charge on any atom is -0.481 e. The number of hydrogen-bond acceptors (Lipinski definition) is 3. The summed E-state index contributed by atoms with van der Waals surface area (Å²) in [6, 6.07) is 5.78. The molecular formula is C11H14F3NO2. The summed E-state index contributed by atoms with van der Waals surface area (Å²) < 4.78 is 47.3. The second-order valence-electron chi connectivity index (χ2n) is 3.50. The highest BCUT2D eigenvalue weighted by Crippen LogP contribution is 2.27. The van der Waals surface area contributed by atoms with E-state index in [-0.39, 0.29) is 18.8 Å². The first-order chi connectivity index (χ1) is 7.93. The average Bonchev–Trinajstić information content (AvgIpc) is 2.25. The Kier molecular flexibility index (Phi) is 4.62. The highest BCUT2D eigenvalue weighted by atomic mass is 19.4. The molecule has 6 heteroatoms. The Morgan fingerprint density at radius 2 is 1.82 bits per heavy atom. The van der Waals surface area contributed by atoms with Crippen LogP contribution in [0.4, 0.5) is 18.9 Å². The summed E-state index contributed by atoms with van der Waals surface area (Å²) in [5.41, 5.74) is 5.90. The molecule has 96 valence electrons. The van der Waals surface area contributed by atoms with Crippen LogP contribution in [-0.2, 0) is 4.74 Å². The molecule has 0 bridgehead atoms. The molecule has 0 heterocycles. The van der Waals surface area contributed by atoms with E-state index in [1.54, 1.807) is 0 Å². The molecule has 0 saturated carbocycles. The van der Waals surface area contributed by atoms with Crippen LogP contribution in [0.15, 0.2) is 24.3 Å². The van der Waals surface area contributed by atoms with E-state index >= 15 is 0 Å². The number of nitrogens with two attached hydrogens (primary N) is 1. The Morgan fingerprint density at radius 3 is 2.29 bits per heavy atom. The highest BCUT2D eigenvalue weighted by Gasteiger charge is 2.41. The van der Waals surface area contributed by atoms with Gasteiger partial charge in [0.15, 0.2) is 6.10 Å². The van der Waals surface area contributed by atoms with E-state index in [1.807, 2.05) is 0 Å². The van der Waals surface area contributed by atoms with E-state index in [4.69, 9.17) is 10.5 Å². The monoisotopic (exact) mass is 249 g/mol. The van der Waals surface area contributed by atoms with E-state index in [0.717, 1.165) is 0 Å². The lowest BCUT2D eigenvalue weighted by Gasteiger charge is -2.21. The van der Waals surface area contributed by atoms with Crippen LogP contribution >= 0.6 is 0 Å². The third-order valence-electron chi connectivity index (χ3n) is 2.11. The molecule has 1 rings (SSSR count). The fourth-order valence-corrected chi connectivity index (χ4v) is 1.22. The Labute approximate surface area is 97.3 Å². The van der Waals surface area contributed by atoms with Crippen LogP contribution in [0.3, 0.4) is 0 Å². The van der Waals surface area contributed by atoms with Crippen molar-refractivity contribution in [2.24, 2.45) is 0 Å². The topological polar surface area (TPSA) is 44.5 Å². The van der Waals surface area contributed by atoms with Gasteiger partial charge in [-0.2, -0.15) is 13.2 Å². The molecule has 0 aliphatic heterocycles. The quantitative estimate of drug-likeness (QED) is 0.816. The van der Waals surface area contributed by atoms with Crippen molar-refractivity contribution in [3.8, 4) is 5.75 Å². The van der Waals surface area contributed by atoms with Gasteiger partial charge in [0.25, 0.3) is 0 Å².